The number of nitrogens with zero attached hydrogens (tertiary/aromatic N) is 1. The van der Waals surface area contributed by atoms with Gasteiger partial charge in [0, 0.05) is 11.8 Å². The monoisotopic (exact) mass is 375 g/mol. The Hall–Kier alpha value is -2.51. The summed E-state index contributed by atoms with van der Waals surface area (Å²) >= 11 is 0. The van der Waals surface area contributed by atoms with Crippen LogP contribution in [0.2, 0.25) is 0 Å². The van der Waals surface area contributed by atoms with Crippen molar-refractivity contribution in [1.82, 2.24) is 5.16 Å². The number of rotatable bonds is 4. The smallest absolute Gasteiger partial charge is 0.178 e. The van der Waals surface area contributed by atoms with Crippen LogP contribution in [-0.2, 0) is 16.4 Å². The Morgan fingerprint density at radius 2 is 1.73 bits per heavy atom. The van der Waals surface area contributed by atoms with Crippen molar-refractivity contribution in [3.05, 3.63) is 59.1 Å². The minimum atomic E-state index is -3.67. The van der Waals surface area contributed by atoms with Gasteiger partial charge in [-0.15, -0.1) is 0 Å². The minimum absolute atomic E-state index is 0.186. The lowest BCUT2D eigenvalue weighted by Crippen LogP contribution is -2.01. The summed E-state index contributed by atoms with van der Waals surface area (Å²) in [7, 11) is -3.67. The van der Waals surface area contributed by atoms with Gasteiger partial charge in [-0.2, -0.15) is 0 Å². The molecule has 0 saturated carbocycles. The molecule has 1 N–H and O–H groups in total. The summed E-state index contributed by atoms with van der Waals surface area (Å²) in [6.07, 6.45) is 0.949. The highest BCUT2D eigenvalue weighted by molar-refractivity contribution is 7.90. The zero-order chi connectivity index (χ0) is 19.1. The molecule has 0 aliphatic carbocycles. The number of sulfone groups is 1. The highest BCUT2D eigenvalue weighted by Crippen LogP contribution is 2.36. The van der Waals surface area contributed by atoms with Gasteiger partial charge in [-0.1, -0.05) is 28.4 Å². The number of aromatic nitrogens is 1. The van der Waals surface area contributed by atoms with E-state index in [9.17, 15) is 17.9 Å². The van der Waals surface area contributed by atoms with Crippen LogP contribution in [0, 0.1) is 19.7 Å². The van der Waals surface area contributed by atoms with Gasteiger partial charge >= 0.3 is 0 Å². The van der Waals surface area contributed by atoms with Gasteiger partial charge < -0.3 is 9.63 Å². The number of hydrogen-bond acceptors (Lipinski definition) is 5. The third kappa shape index (κ3) is 3.40. The summed E-state index contributed by atoms with van der Waals surface area (Å²) in [6.45, 7) is 3.48. The van der Waals surface area contributed by atoms with Crippen LogP contribution in [0.25, 0.3) is 22.4 Å². The average molecular weight is 375 g/mol. The topological polar surface area (TPSA) is 80.4 Å². The highest BCUT2D eigenvalue weighted by Gasteiger charge is 2.22. The fraction of sp³-hybridized carbons (Fsp3) is 0.211. The van der Waals surface area contributed by atoms with E-state index in [-0.39, 0.29) is 10.7 Å². The molecule has 0 aliphatic heterocycles. The summed E-state index contributed by atoms with van der Waals surface area (Å²) in [4.78, 5) is -0.379. The van der Waals surface area contributed by atoms with E-state index in [1.165, 1.54) is 12.1 Å². The standard InChI is InChI=1S/C19H18FNO4S/c1-11-6-12(2)8-14(7-11)19-18(16(10-22)25-21-19)13-4-5-17(15(20)9-13)26(3,23)24/h4-9,22H,10H2,1-3H3. The second-order valence-electron chi connectivity index (χ2n) is 6.28. The SMILES string of the molecule is Cc1cc(C)cc(-c2noc(CO)c2-c2ccc(S(C)(=O)=O)c(F)c2)c1. The largest absolute Gasteiger partial charge is 0.388 e. The van der Waals surface area contributed by atoms with Gasteiger partial charge in [0.1, 0.15) is 23.0 Å². The highest BCUT2D eigenvalue weighted by atomic mass is 32.2. The molecule has 1 aromatic heterocycles. The molecule has 0 fully saturated rings. The van der Waals surface area contributed by atoms with E-state index < -0.39 is 22.3 Å². The van der Waals surface area contributed by atoms with Gasteiger partial charge in [-0.05, 0) is 43.7 Å². The maximum Gasteiger partial charge on any atom is 0.178 e. The molecule has 26 heavy (non-hydrogen) atoms. The van der Waals surface area contributed by atoms with E-state index >= 15 is 0 Å². The molecule has 0 unspecified atom stereocenters. The minimum Gasteiger partial charge on any atom is -0.388 e. The molecule has 3 rings (SSSR count). The van der Waals surface area contributed by atoms with E-state index in [2.05, 4.69) is 5.16 Å². The van der Waals surface area contributed by atoms with E-state index in [1.54, 1.807) is 0 Å². The Morgan fingerprint density at radius 1 is 1.08 bits per heavy atom. The van der Waals surface area contributed by atoms with Crippen LogP contribution in [-0.4, -0.2) is 24.9 Å². The fourth-order valence-electron chi connectivity index (χ4n) is 3.00. The molecule has 0 saturated heterocycles. The number of benzene rings is 2. The van der Waals surface area contributed by atoms with Gasteiger partial charge in [0.15, 0.2) is 15.6 Å². The van der Waals surface area contributed by atoms with Crippen molar-refractivity contribution in [2.45, 2.75) is 25.3 Å². The van der Waals surface area contributed by atoms with Crippen molar-refractivity contribution in [3.8, 4) is 22.4 Å². The van der Waals surface area contributed by atoms with Gasteiger partial charge in [-0.3, -0.25) is 0 Å². The molecule has 7 heteroatoms. The van der Waals surface area contributed by atoms with Gasteiger partial charge in [0.05, 0.1) is 5.56 Å². The Balaban J connectivity index is 2.22. The van der Waals surface area contributed by atoms with Crippen molar-refractivity contribution in [3.63, 3.8) is 0 Å². The molecule has 136 valence electrons. The van der Waals surface area contributed by atoms with Gasteiger partial charge in [0.25, 0.3) is 0 Å². The lowest BCUT2D eigenvalue weighted by Gasteiger charge is -2.08. The van der Waals surface area contributed by atoms with Gasteiger partial charge in [-0.25, -0.2) is 12.8 Å². The molecule has 0 atom stereocenters. The Bertz CT molecular complexity index is 1070. The number of aryl methyl sites for hydroxylation is 2. The molecule has 0 spiro atoms. The summed E-state index contributed by atoms with van der Waals surface area (Å²) in [6, 6.07) is 9.65. The normalized spacial score (nSPS) is 11.7. The van der Waals surface area contributed by atoms with Crippen LogP contribution < -0.4 is 0 Å². The maximum absolute atomic E-state index is 14.3. The van der Waals surface area contributed by atoms with Crippen LogP contribution in [0.15, 0.2) is 45.8 Å². The molecular weight excluding hydrogens is 357 g/mol. The Kier molecular flexibility index (Phi) is 4.68. The van der Waals surface area contributed by atoms with E-state index in [4.69, 9.17) is 4.52 Å². The van der Waals surface area contributed by atoms with Crippen molar-refractivity contribution in [2.75, 3.05) is 6.26 Å². The van der Waals surface area contributed by atoms with Crippen molar-refractivity contribution >= 4 is 9.84 Å². The number of aliphatic hydroxyl groups is 1. The van der Waals surface area contributed by atoms with Crippen LogP contribution in [0.4, 0.5) is 4.39 Å². The zero-order valence-electron chi connectivity index (χ0n) is 14.6. The van der Waals surface area contributed by atoms with E-state index in [1.807, 2.05) is 32.0 Å². The second-order valence-corrected chi connectivity index (χ2v) is 8.27. The first kappa shape index (κ1) is 18.3. The maximum atomic E-state index is 14.3. The lowest BCUT2D eigenvalue weighted by atomic mass is 9.97. The third-order valence-corrected chi connectivity index (χ3v) is 5.15. The summed E-state index contributed by atoms with van der Waals surface area (Å²) in [5.74, 6) is -0.674. The average Bonchev–Trinajstić information content (AvgIpc) is 2.96. The number of aliphatic hydroxyl groups excluding tert-OH is 1. The molecule has 5 nitrogen and oxygen atoms in total. The molecule has 0 amide bonds. The second kappa shape index (κ2) is 6.66. The summed E-state index contributed by atoms with van der Waals surface area (Å²) in [5.41, 5.74) is 4.11. The molecule has 0 aliphatic rings. The fourth-order valence-corrected chi connectivity index (χ4v) is 3.72. The van der Waals surface area contributed by atoms with E-state index in [0.29, 0.717) is 16.8 Å². The van der Waals surface area contributed by atoms with Crippen molar-refractivity contribution < 1.29 is 22.4 Å². The summed E-state index contributed by atoms with van der Waals surface area (Å²) in [5, 5.41) is 13.6. The predicted molar refractivity (Wildman–Crippen MR) is 95.8 cm³/mol. The van der Waals surface area contributed by atoms with Crippen LogP contribution in [0.1, 0.15) is 16.9 Å². The molecule has 2 aromatic carbocycles. The first-order chi connectivity index (χ1) is 12.2. The molecule has 0 radical (unpaired) electrons. The van der Waals surface area contributed by atoms with E-state index in [0.717, 1.165) is 29.0 Å². The zero-order valence-corrected chi connectivity index (χ0v) is 15.4. The van der Waals surface area contributed by atoms with Crippen LogP contribution >= 0.6 is 0 Å². The Morgan fingerprint density at radius 3 is 2.27 bits per heavy atom. The third-order valence-electron chi connectivity index (χ3n) is 4.02. The van der Waals surface area contributed by atoms with Crippen LogP contribution in [0.5, 0.6) is 0 Å². The predicted octanol–water partition coefficient (Wildman–Crippen LogP) is 3.66. The van der Waals surface area contributed by atoms with Gasteiger partial charge in [0.2, 0.25) is 0 Å². The number of halogens is 1. The lowest BCUT2D eigenvalue weighted by molar-refractivity contribution is 0.230. The van der Waals surface area contributed by atoms with Crippen molar-refractivity contribution in [2.24, 2.45) is 0 Å². The first-order valence-corrected chi connectivity index (χ1v) is 9.78. The summed E-state index contributed by atoms with van der Waals surface area (Å²) < 4.78 is 42.8. The first-order valence-electron chi connectivity index (χ1n) is 7.88. The van der Waals surface area contributed by atoms with Crippen LogP contribution in [0.3, 0.4) is 0 Å². The van der Waals surface area contributed by atoms with Crippen molar-refractivity contribution in [1.29, 1.82) is 0 Å². The molecule has 1 heterocycles. The molecule has 3 aromatic rings. The molecule has 0 bridgehead atoms. The number of hydrogen-bond donors (Lipinski definition) is 1. The molecular formula is C19H18FNO4S. The quantitative estimate of drug-likeness (QED) is 0.753. The Labute approximate surface area is 151 Å².